The summed E-state index contributed by atoms with van der Waals surface area (Å²) in [7, 11) is 3.52. The van der Waals surface area contributed by atoms with Gasteiger partial charge in [-0.2, -0.15) is 5.10 Å². The van der Waals surface area contributed by atoms with E-state index in [2.05, 4.69) is 32.8 Å². The number of ether oxygens (including phenoxy) is 2. The van der Waals surface area contributed by atoms with Crippen molar-refractivity contribution in [3.8, 4) is 11.3 Å². The summed E-state index contributed by atoms with van der Waals surface area (Å²) in [4.78, 5) is 31.7. The Bertz CT molecular complexity index is 1230. The van der Waals surface area contributed by atoms with Gasteiger partial charge in [-0.1, -0.05) is 18.2 Å². The van der Waals surface area contributed by atoms with Crippen molar-refractivity contribution >= 4 is 23.0 Å². The van der Waals surface area contributed by atoms with Crippen LogP contribution in [-0.4, -0.2) is 78.2 Å². The Hall–Kier alpha value is -3.50. The second kappa shape index (κ2) is 12.2. The molecule has 0 saturated carbocycles. The maximum absolute atomic E-state index is 13.4. The highest BCUT2D eigenvalue weighted by molar-refractivity contribution is 6.06. The van der Waals surface area contributed by atoms with Gasteiger partial charge in [0.2, 0.25) is 0 Å². The van der Waals surface area contributed by atoms with Gasteiger partial charge in [0.15, 0.2) is 5.65 Å². The Kier molecular flexibility index (Phi) is 8.73. The molecule has 1 aliphatic rings. The molecule has 1 saturated heterocycles. The largest absolute Gasteiger partial charge is 0.448 e. The van der Waals surface area contributed by atoms with E-state index in [1.807, 2.05) is 43.8 Å². The van der Waals surface area contributed by atoms with Gasteiger partial charge in [-0.25, -0.2) is 14.5 Å². The average molecular weight is 509 g/mol. The van der Waals surface area contributed by atoms with E-state index in [1.165, 1.54) is 7.05 Å². The molecule has 1 aliphatic heterocycles. The Labute approximate surface area is 217 Å². The Morgan fingerprint density at radius 1 is 1.24 bits per heavy atom. The van der Waals surface area contributed by atoms with Crippen LogP contribution in [0, 0.1) is 0 Å². The molecule has 4 rings (SSSR count). The van der Waals surface area contributed by atoms with Gasteiger partial charge in [0, 0.05) is 51.0 Å². The molecular formula is C27H36N6O4. The number of pyridine rings is 1. The van der Waals surface area contributed by atoms with E-state index < -0.39 is 6.09 Å². The van der Waals surface area contributed by atoms with Gasteiger partial charge in [-0.3, -0.25) is 9.69 Å². The predicted octanol–water partition coefficient (Wildman–Crippen LogP) is 3.38. The van der Waals surface area contributed by atoms with E-state index in [-0.39, 0.29) is 18.0 Å². The smallest absolute Gasteiger partial charge is 0.406 e. The summed E-state index contributed by atoms with van der Waals surface area (Å²) in [6.07, 6.45) is 2.91. The Balaban J connectivity index is 1.60. The van der Waals surface area contributed by atoms with Crippen LogP contribution >= 0.6 is 0 Å². The molecule has 0 unspecified atom stereocenters. The lowest BCUT2D eigenvalue weighted by molar-refractivity contribution is 0.0697. The molecule has 10 heteroatoms. The van der Waals surface area contributed by atoms with Crippen LogP contribution in [0.5, 0.6) is 0 Å². The SMILES string of the molecule is CNC(=O)OCCN(C)Cc1cccc(-c2cc(C(=O)NC3CCOCC3)c3cnn(C(C)C)c3n2)c1. The number of benzene rings is 1. The molecule has 0 aliphatic carbocycles. The van der Waals surface area contributed by atoms with Crippen molar-refractivity contribution in [2.24, 2.45) is 0 Å². The average Bonchev–Trinajstić information content (AvgIpc) is 3.33. The number of nitrogens with one attached hydrogen (secondary N) is 2. The number of nitrogens with zero attached hydrogens (tertiary/aromatic N) is 4. The lowest BCUT2D eigenvalue weighted by Gasteiger charge is -2.23. The maximum atomic E-state index is 13.4. The van der Waals surface area contributed by atoms with Gasteiger partial charge in [0.05, 0.1) is 22.8 Å². The van der Waals surface area contributed by atoms with E-state index in [1.54, 1.807) is 6.20 Å². The Morgan fingerprint density at radius 2 is 2.03 bits per heavy atom. The third kappa shape index (κ3) is 6.64. The van der Waals surface area contributed by atoms with Crippen molar-refractivity contribution < 1.29 is 19.1 Å². The molecule has 3 aromatic rings. The first-order chi connectivity index (χ1) is 17.9. The number of hydrogen-bond donors (Lipinski definition) is 2. The molecule has 10 nitrogen and oxygen atoms in total. The number of alkyl carbamates (subject to hydrolysis) is 1. The minimum Gasteiger partial charge on any atom is -0.448 e. The Morgan fingerprint density at radius 3 is 2.76 bits per heavy atom. The van der Waals surface area contributed by atoms with Crippen molar-refractivity contribution in [2.45, 2.75) is 45.3 Å². The summed E-state index contributed by atoms with van der Waals surface area (Å²) in [5.74, 6) is -0.115. The zero-order chi connectivity index (χ0) is 26.4. The molecular weight excluding hydrogens is 472 g/mol. The number of amides is 2. The number of aromatic nitrogens is 3. The van der Waals surface area contributed by atoms with Crippen molar-refractivity contribution in [1.29, 1.82) is 0 Å². The van der Waals surface area contributed by atoms with Crippen molar-refractivity contribution in [1.82, 2.24) is 30.3 Å². The molecule has 37 heavy (non-hydrogen) atoms. The number of carbonyl (C=O) groups is 2. The lowest BCUT2D eigenvalue weighted by Crippen LogP contribution is -2.39. The molecule has 1 aromatic carbocycles. The molecule has 0 atom stereocenters. The molecule has 1 fully saturated rings. The normalized spacial score (nSPS) is 14.3. The van der Waals surface area contributed by atoms with Gasteiger partial charge in [-0.15, -0.1) is 0 Å². The van der Waals surface area contributed by atoms with Crippen LogP contribution in [0.25, 0.3) is 22.3 Å². The third-order valence-electron chi connectivity index (χ3n) is 6.44. The quantitative estimate of drug-likeness (QED) is 0.456. The minimum absolute atomic E-state index is 0.0966. The highest BCUT2D eigenvalue weighted by atomic mass is 16.5. The number of hydrogen-bond acceptors (Lipinski definition) is 7. The fraction of sp³-hybridized carbons (Fsp3) is 0.481. The first-order valence-corrected chi connectivity index (χ1v) is 12.7. The van der Waals surface area contributed by atoms with Gasteiger partial charge >= 0.3 is 6.09 Å². The minimum atomic E-state index is -0.436. The molecule has 2 amide bonds. The second-order valence-electron chi connectivity index (χ2n) is 9.66. The zero-order valence-electron chi connectivity index (χ0n) is 22.0. The van der Waals surface area contributed by atoms with Crippen molar-refractivity contribution in [3.63, 3.8) is 0 Å². The van der Waals surface area contributed by atoms with Crippen LogP contribution in [0.3, 0.4) is 0 Å². The molecule has 0 bridgehead atoms. The van der Waals surface area contributed by atoms with E-state index in [0.717, 1.165) is 35.0 Å². The third-order valence-corrected chi connectivity index (χ3v) is 6.44. The number of rotatable bonds is 9. The summed E-state index contributed by atoms with van der Waals surface area (Å²) in [5.41, 5.74) is 4.00. The monoisotopic (exact) mass is 508 g/mol. The van der Waals surface area contributed by atoms with Crippen molar-refractivity contribution in [3.05, 3.63) is 47.7 Å². The zero-order valence-corrected chi connectivity index (χ0v) is 22.0. The number of fused-ring (bicyclic) bond motifs is 1. The van der Waals surface area contributed by atoms with Gasteiger partial charge in [0.1, 0.15) is 6.61 Å². The van der Waals surface area contributed by atoms with Crippen LogP contribution in [0.2, 0.25) is 0 Å². The molecule has 2 aromatic heterocycles. The molecule has 0 radical (unpaired) electrons. The lowest BCUT2D eigenvalue weighted by atomic mass is 10.0. The predicted molar refractivity (Wildman–Crippen MR) is 141 cm³/mol. The van der Waals surface area contributed by atoms with Crippen LogP contribution in [0.4, 0.5) is 4.79 Å². The van der Waals surface area contributed by atoms with E-state index in [9.17, 15) is 9.59 Å². The summed E-state index contributed by atoms with van der Waals surface area (Å²) in [6.45, 7) is 7.00. The topological polar surface area (TPSA) is 111 Å². The van der Waals surface area contributed by atoms with Crippen LogP contribution in [0.1, 0.15) is 48.7 Å². The maximum Gasteiger partial charge on any atom is 0.406 e. The van der Waals surface area contributed by atoms with Crippen molar-refractivity contribution in [2.75, 3.05) is 40.5 Å². The summed E-state index contributed by atoms with van der Waals surface area (Å²) in [6, 6.07) is 10.2. The standard InChI is InChI=1S/C27H36N6O4/c1-18(2)33-25-23(16-29-33)22(26(34)30-21-8-11-36-12-9-21)15-24(31-25)20-7-5-6-19(14-20)17-32(4)10-13-37-27(35)28-3/h5-7,14-16,18,21H,8-13,17H2,1-4H3,(H,28,35)(H,30,34). The van der Waals surface area contributed by atoms with E-state index >= 15 is 0 Å². The summed E-state index contributed by atoms with van der Waals surface area (Å²) >= 11 is 0. The van der Waals surface area contributed by atoms with Gasteiger partial charge < -0.3 is 20.1 Å². The molecule has 0 spiro atoms. The van der Waals surface area contributed by atoms with Crippen LogP contribution in [-0.2, 0) is 16.0 Å². The van der Waals surface area contributed by atoms with Crippen LogP contribution in [0.15, 0.2) is 36.5 Å². The second-order valence-corrected chi connectivity index (χ2v) is 9.66. The molecule has 2 N–H and O–H groups in total. The first kappa shape index (κ1) is 26.6. The van der Waals surface area contributed by atoms with Gasteiger partial charge in [0.25, 0.3) is 5.91 Å². The van der Waals surface area contributed by atoms with E-state index in [4.69, 9.17) is 14.5 Å². The molecule has 198 valence electrons. The highest BCUT2D eigenvalue weighted by Crippen LogP contribution is 2.27. The number of likely N-dealkylation sites (N-methyl/N-ethyl adjacent to an activating group) is 1. The van der Waals surface area contributed by atoms with E-state index in [0.29, 0.717) is 44.1 Å². The summed E-state index contributed by atoms with van der Waals surface area (Å²) < 4.78 is 12.4. The van der Waals surface area contributed by atoms with Gasteiger partial charge in [-0.05, 0) is 51.4 Å². The summed E-state index contributed by atoms with van der Waals surface area (Å²) in [5, 5.41) is 10.9. The fourth-order valence-electron chi connectivity index (χ4n) is 4.42. The fourth-order valence-corrected chi connectivity index (χ4v) is 4.42. The highest BCUT2D eigenvalue weighted by Gasteiger charge is 2.22. The number of carbonyl (C=O) groups excluding carboxylic acids is 2. The molecule has 3 heterocycles. The first-order valence-electron chi connectivity index (χ1n) is 12.7. The van der Waals surface area contributed by atoms with Crippen LogP contribution < -0.4 is 10.6 Å².